The number of hydrogen-bond acceptors (Lipinski definition) is 3. The maximum atomic E-state index is 6.57. The second kappa shape index (κ2) is 8.57. The maximum absolute atomic E-state index is 6.57. The Labute approximate surface area is 251 Å². The highest BCUT2D eigenvalue weighted by molar-refractivity contribution is 7.25. The molecule has 0 aliphatic carbocycles. The van der Waals surface area contributed by atoms with Crippen LogP contribution in [-0.4, -0.2) is 0 Å². The molecule has 0 unspecified atom stereocenters. The number of ether oxygens (including phenoxy) is 1. The van der Waals surface area contributed by atoms with E-state index in [4.69, 9.17) is 9.15 Å². The number of rotatable bonds is 2. The largest absolute Gasteiger partial charge is 0.456 e. The fraction of sp³-hybridized carbons (Fsp3) is 0. The van der Waals surface area contributed by atoms with E-state index in [0.717, 1.165) is 50.0 Å². The number of furan rings is 1. The Kier molecular flexibility index (Phi) is 4.63. The van der Waals surface area contributed by atoms with Gasteiger partial charge in [0, 0.05) is 41.9 Å². The van der Waals surface area contributed by atoms with Crippen LogP contribution in [0, 0.1) is 0 Å². The zero-order valence-corrected chi connectivity index (χ0v) is 23.7. The Morgan fingerprint density at radius 1 is 0.395 bits per heavy atom. The van der Waals surface area contributed by atoms with Crippen molar-refractivity contribution < 1.29 is 9.15 Å². The number of fused-ring (bicyclic) bond motifs is 8. The molecule has 7 aromatic carbocycles. The van der Waals surface area contributed by atoms with Gasteiger partial charge in [0.05, 0.1) is 0 Å². The van der Waals surface area contributed by atoms with Gasteiger partial charge in [0.2, 0.25) is 0 Å². The summed E-state index contributed by atoms with van der Waals surface area (Å²) in [4.78, 5) is 0. The van der Waals surface area contributed by atoms with E-state index in [2.05, 4.69) is 121 Å². The maximum Gasteiger partial charge on any atom is 0.136 e. The lowest BCUT2D eigenvalue weighted by Crippen LogP contribution is -1.97. The van der Waals surface area contributed by atoms with Gasteiger partial charge < -0.3 is 9.15 Å². The molecule has 1 aliphatic heterocycles. The average molecular weight is 567 g/mol. The van der Waals surface area contributed by atoms with Gasteiger partial charge in [-0.05, 0) is 81.7 Å². The SMILES string of the molecule is c1ccc2c(c1)Oc1ccc(-c3ccc4c(c3)oc3cc(-c5cccc6sc7ccccc7c56)ccc34)c3cccc-2c13. The number of benzene rings is 7. The third-order valence-electron chi connectivity index (χ3n) is 8.90. The van der Waals surface area contributed by atoms with Gasteiger partial charge in [-0.1, -0.05) is 84.9 Å². The molecule has 0 atom stereocenters. The minimum absolute atomic E-state index is 0.894. The molecule has 0 spiro atoms. The molecular formula is C40H22O2S. The molecule has 0 amide bonds. The van der Waals surface area contributed by atoms with Gasteiger partial charge in [-0.2, -0.15) is 0 Å². The summed E-state index contributed by atoms with van der Waals surface area (Å²) in [6.45, 7) is 0. The van der Waals surface area contributed by atoms with Crippen molar-refractivity contribution in [2.75, 3.05) is 0 Å². The third-order valence-corrected chi connectivity index (χ3v) is 10.0. The molecule has 0 saturated heterocycles. The zero-order chi connectivity index (χ0) is 28.1. The standard InChI is InChI=1S/C40H22O2S/c1-3-12-33-27(7-1)31-11-5-10-30-25(19-20-34(41-33)39(30)31)23-15-17-28-29-18-16-24(22-36(29)42-35(28)21-23)26-9-6-14-38-40(26)32-8-2-4-13-37(32)43-38/h1-22H. The lowest BCUT2D eigenvalue weighted by molar-refractivity contribution is 0.487. The van der Waals surface area contributed by atoms with Crippen LogP contribution < -0.4 is 4.74 Å². The molecule has 1 aliphatic rings. The molecule has 200 valence electrons. The first kappa shape index (κ1) is 23.2. The van der Waals surface area contributed by atoms with Crippen LogP contribution in [0.1, 0.15) is 0 Å². The van der Waals surface area contributed by atoms with E-state index in [9.17, 15) is 0 Å². The summed E-state index contributed by atoms with van der Waals surface area (Å²) in [5.41, 5.74) is 8.85. The minimum atomic E-state index is 0.894. The molecule has 0 bridgehead atoms. The molecule has 2 nitrogen and oxygen atoms in total. The van der Waals surface area contributed by atoms with E-state index in [0.29, 0.717) is 0 Å². The van der Waals surface area contributed by atoms with Crippen LogP contribution in [0.2, 0.25) is 0 Å². The van der Waals surface area contributed by atoms with Crippen molar-refractivity contribution in [1.29, 1.82) is 0 Å². The van der Waals surface area contributed by atoms with Crippen molar-refractivity contribution in [2.24, 2.45) is 0 Å². The van der Waals surface area contributed by atoms with Gasteiger partial charge in [-0.15, -0.1) is 11.3 Å². The van der Waals surface area contributed by atoms with Crippen LogP contribution in [-0.2, 0) is 0 Å². The van der Waals surface area contributed by atoms with E-state index >= 15 is 0 Å². The predicted molar refractivity (Wildman–Crippen MR) is 180 cm³/mol. The number of hydrogen-bond donors (Lipinski definition) is 0. The molecule has 2 aromatic heterocycles. The molecular weight excluding hydrogens is 545 g/mol. The Morgan fingerprint density at radius 3 is 1.95 bits per heavy atom. The van der Waals surface area contributed by atoms with E-state index in [1.54, 1.807) is 0 Å². The van der Waals surface area contributed by atoms with Gasteiger partial charge in [-0.3, -0.25) is 0 Å². The first-order chi connectivity index (χ1) is 21.3. The summed E-state index contributed by atoms with van der Waals surface area (Å²) in [5, 5.41) is 7.22. The Morgan fingerprint density at radius 2 is 1.07 bits per heavy atom. The number of thiophene rings is 1. The first-order valence-electron chi connectivity index (χ1n) is 14.5. The minimum Gasteiger partial charge on any atom is -0.456 e. The van der Waals surface area contributed by atoms with Crippen molar-refractivity contribution in [3.05, 3.63) is 133 Å². The molecule has 0 radical (unpaired) electrons. The molecule has 0 saturated carbocycles. The smallest absolute Gasteiger partial charge is 0.136 e. The highest BCUT2D eigenvalue weighted by atomic mass is 32.1. The molecule has 43 heavy (non-hydrogen) atoms. The average Bonchev–Trinajstić information content (AvgIpc) is 3.62. The summed E-state index contributed by atoms with van der Waals surface area (Å²) in [5.74, 6) is 1.81. The van der Waals surface area contributed by atoms with Gasteiger partial charge in [0.15, 0.2) is 0 Å². The fourth-order valence-electron chi connectivity index (χ4n) is 6.96. The van der Waals surface area contributed by atoms with E-state index in [-0.39, 0.29) is 0 Å². The lowest BCUT2D eigenvalue weighted by atomic mass is 9.90. The van der Waals surface area contributed by atoms with Crippen molar-refractivity contribution in [1.82, 2.24) is 0 Å². The van der Waals surface area contributed by atoms with Crippen LogP contribution in [0.3, 0.4) is 0 Å². The van der Waals surface area contributed by atoms with Gasteiger partial charge in [-0.25, -0.2) is 0 Å². The van der Waals surface area contributed by atoms with Gasteiger partial charge >= 0.3 is 0 Å². The second-order valence-corrected chi connectivity index (χ2v) is 12.3. The molecule has 9 aromatic rings. The second-order valence-electron chi connectivity index (χ2n) is 11.2. The van der Waals surface area contributed by atoms with Crippen molar-refractivity contribution >= 4 is 64.2 Å². The molecule has 0 fully saturated rings. The van der Waals surface area contributed by atoms with Crippen molar-refractivity contribution in [2.45, 2.75) is 0 Å². The highest BCUT2D eigenvalue weighted by Crippen LogP contribution is 2.49. The van der Waals surface area contributed by atoms with Crippen LogP contribution in [0.15, 0.2) is 138 Å². The van der Waals surface area contributed by atoms with Crippen LogP contribution >= 0.6 is 11.3 Å². The first-order valence-corrected chi connectivity index (χ1v) is 15.3. The van der Waals surface area contributed by atoms with Crippen LogP contribution in [0.4, 0.5) is 0 Å². The molecule has 10 rings (SSSR count). The molecule has 0 N–H and O–H groups in total. The summed E-state index contributed by atoms with van der Waals surface area (Å²) in [6, 6.07) is 47.6. The normalized spacial score (nSPS) is 12.4. The lowest BCUT2D eigenvalue weighted by Gasteiger charge is -2.22. The van der Waals surface area contributed by atoms with E-state index in [1.807, 2.05) is 23.5 Å². The summed E-state index contributed by atoms with van der Waals surface area (Å²) >= 11 is 1.85. The quantitative estimate of drug-likeness (QED) is 0.208. The molecule has 3 heterocycles. The summed E-state index contributed by atoms with van der Waals surface area (Å²) in [6.07, 6.45) is 0. The van der Waals surface area contributed by atoms with Crippen LogP contribution in [0.5, 0.6) is 11.5 Å². The van der Waals surface area contributed by atoms with E-state index in [1.165, 1.54) is 47.8 Å². The Hall–Kier alpha value is -5.38. The third kappa shape index (κ3) is 3.28. The molecule has 3 heteroatoms. The highest BCUT2D eigenvalue weighted by Gasteiger charge is 2.21. The van der Waals surface area contributed by atoms with Crippen LogP contribution in [0.25, 0.3) is 86.3 Å². The fourth-order valence-corrected chi connectivity index (χ4v) is 8.09. The van der Waals surface area contributed by atoms with Crippen molar-refractivity contribution in [3.8, 4) is 44.9 Å². The van der Waals surface area contributed by atoms with E-state index < -0.39 is 0 Å². The monoisotopic (exact) mass is 566 g/mol. The van der Waals surface area contributed by atoms with Gasteiger partial charge in [0.1, 0.15) is 22.7 Å². The van der Waals surface area contributed by atoms with Crippen molar-refractivity contribution in [3.63, 3.8) is 0 Å². The Bertz CT molecular complexity index is 2600. The summed E-state index contributed by atoms with van der Waals surface area (Å²) in [7, 11) is 0. The number of para-hydroxylation sites is 1. The topological polar surface area (TPSA) is 22.4 Å². The predicted octanol–water partition coefficient (Wildman–Crippen LogP) is 12.2. The zero-order valence-electron chi connectivity index (χ0n) is 22.9. The summed E-state index contributed by atoms with van der Waals surface area (Å²) < 4.78 is 15.5. The van der Waals surface area contributed by atoms with Gasteiger partial charge in [0.25, 0.3) is 0 Å². The Balaban J connectivity index is 1.13.